The summed E-state index contributed by atoms with van der Waals surface area (Å²) in [5.41, 5.74) is 2.77. The molecule has 3 atom stereocenters. The van der Waals surface area contributed by atoms with Crippen LogP contribution in [0.2, 0.25) is 0 Å². The second kappa shape index (κ2) is 8.86. The quantitative estimate of drug-likeness (QED) is 0.538. The van der Waals surface area contributed by atoms with Gasteiger partial charge in [-0.05, 0) is 50.8 Å². The summed E-state index contributed by atoms with van der Waals surface area (Å²) < 4.78 is 24.6. The predicted octanol–water partition coefficient (Wildman–Crippen LogP) is 4.10. The molecule has 1 unspecified atom stereocenters. The van der Waals surface area contributed by atoms with E-state index in [1.54, 1.807) is 0 Å². The van der Waals surface area contributed by atoms with Crippen molar-refractivity contribution in [1.29, 1.82) is 4.78 Å². The zero-order valence-corrected chi connectivity index (χ0v) is 17.8. The molecule has 1 amide bonds. The molecule has 0 saturated heterocycles. The van der Waals surface area contributed by atoms with Crippen LogP contribution in [-0.2, 0) is 20.2 Å². The average molecular weight is 420 g/mol. The van der Waals surface area contributed by atoms with Crippen molar-refractivity contribution in [3.8, 4) is 0 Å². The lowest BCUT2D eigenvalue weighted by Crippen LogP contribution is -2.33. The highest BCUT2D eigenvalue weighted by molar-refractivity contribution is 7.90. The van der Waals surface area contributed by atoms with Crippen LogP contribution in [0.3, 0.4) is 0 Å². The van der Waals surface area contributed by atoms with Gasteiger partial charge in [-0.2, -0.15) is 5.10 Å². The van der Waals surface area contributed by atoms with Crippen LogP contribution in [0.15, 0.2) is 30.3 Å². The first kappa shape index (κ1) is 21.2. The van der Waals surface area contributed by atoms with Gasteiger partial charge in [-0.15, -0.1) is 0 Å². The van der Waals surface area contributed by atoms with Crippen LogP contribution in [0.1, 0.15) is 50.3 Å². The molecule has 3 rings (SSSR count). The summed E-state index contributed by atoms with van der Waals surface area (Å²) in [6.07, 6.45) is 3.59. The van der Waals surface area contributed by atoms with Crippen molar-refractivity contribution in [2.75, 3.05) is 11.6 Å². The van der Waals surface area contributed by atoms with Gasteiger partial charge in [0.1, 0.15) is 6.10 Å². The molecule has 0 bridgehead atoms. The fourth-order valence-electron chi connectivity index (χ4n) is 3.51. The summed E-state index contributed by atoms with van der Waals surface area (Å²) in [7, 11) is -2.55. The molecule has 1 saturated carbocycles. The lowest BCUT2D eigenvalue weighted by molar-refractivity contribution is 0.0981. The number of carbonyl (C=O) groups is 1. The Balaban J connectivity index is 1.54. The number of aromatic amines is 1. The van der Waals surface area contributed by atoms with Gasteiger partial charge < -0.3 is 15.4 Å². The van der Waals surface area contributed by atoms with E-state index < -0.39 is 9.73 Å². The van der Waals surface area contributed by atoms with Crippen LogP contribution < -0.4 is 10.6 Å². The number of anilines is 2. The summed E-state index contributed by atoms with van der Waals surface area (Å²) in [4.78, 5) is 11.8. The molecule has 1 heterocycles. The molecule has 0 radical (unpaired) electrons. The third-order valence-electron chi connectivity index (χ3n) is 4.77. The highest BCUT2D eigenvalue weighted by Crippen LogP contribution is 2.36. The van der Waals surface area contributed by atoms with E-state index in [1.165, 1.54) is 6.26 Å². The fraction of sp³-hybridized carbons (Fsp3) is 0.500. The smallest absolute Gasteiger partial charge is 0.407 e. The first-order chi connectivity index (χ1) is 13.7. The second-order valence-electron chi connectivity index (χ2n) is 8.02. The topological polar surface area (TPSA) is 120 Å². The lowest BCUT2D eigenvalue weighted by Gasteiger charge is -2.14. The number of aromatic nitrogens is 2. The molecule has 1 aromatic carbocycles. The van der Waals surface area contributed by atoms with Gasteiger partial charge in [-0.3, -0.25) is 9.88 Å². The van der Waals surface area contributed by atoms with E-state index in [4.69, 9.17) is 9.52 Å². The van der Waals surface area contributed by atoms with E-state index in [1.807, 2.05) is 44.2 Å². The number of H-pyrrole nitrogens is 1. The summed E-state index contributed by atoms with van der Waals surface area (Å²) in [5.74, 6) is 1.25. The number of ether oxygens (including phenoxy) is 1. The Morgan fingerprint density at radius 1 is 1.34 bits per heavy atom. The summed E-state index contributed by atoms with van der Waals surface area (Å²) in [6, 6.07) is 9.57. The Bertz CT molecular complexity index is 937. The number of carbonyl (C=O) groups excluding carboxylic acids is 1. The maximum atomic E-state index is 11.8. The number of hydrogen-bond donors (Lipinski definition) is 4. The Hall–Kier alpha value is -2.55. The molecule has 1 aromatic heterocycles. The molecule has 0 aliphatic heterocycles. The zero-order chi connectivity index (χ0) is 21.0. The first-order valence-electron chi connectivity index (χ1n) is 9.78. The van der Waals surface area contributed by atoms with Crippen molar-refractivity contribution in [3.05, 3.63) is 41.6 Å². The third kappa shape index (κ3) is 6.49. The van der Waals surface area contributed by atoms with Crippen molar-refractivity contribution in [2.24, 2.45) is 0 Å². The second-order valence-corrected chi connectivity index (χ2v) is 10.3. The lowest BCUT2D eigenvalue weighted by atomic mass is 10.0. The molecular weight excluding hydrogens is 390 g/mol. The van der Waals surface area contributed by atoms with Gasteiger partial charge >= 0.3 is 6.09 Å². The fourth-order valence-corrected chi connectivity index (χ4v) is 4.34. The molecular formula is C20H29N5O3S. The van der Waals surface area contributed by atoms with Gasteiger partial charge in [0.25, 0.3) is 0 Å². The highest BCUT2D eigenvalue weighted by Gasteiger charge is 2.30. The minimum atomic E-state index is -2.55. The molecule has 2 aromatic rings. The van der Waals surface area contributed by atoms with Gasteiger partial charge in [0.2, 0.25) is 0 Å². The Labute approximate surface area is 171 Å². The van der Waals surface area contributed by atoms with Crippen molar-refractivity contribution in [2.45, 2.75) is 56.9 Å². The van der Waals surface area contributed by atoms with E-state index in [0.29, 0.717) is 0 Å². The number of nitrogens with one attached hydrogen (secondary N) is 4. The minimum absolute atomic E-state index is 0.0630. The predicted molar refractivity (Wildman–Crippen MR) is 114 cm³/mol. The summed E-state index contributed by atoms with van der Waals surface area (Å²) >= 11 is 0. The first-order valence-corrected chi connectivity index (χ1v) is 11.9. The van der Waals surface area contributed by atoms with Crippen molar-refractivity contribution in [1.82, 2.24) is 15.5 Å². The standard InChI is InChI=1S/C20H29N5O3S/c1-13(2)22-20(26)28-17-9-6-15(10-17)18-11-19(25-24-18)23-16-7-4-14(5-8-16)12-29(3,21)27/h4-5,7-8,11,13,15,17,21H,6,9-10,12H2,1-3H3,(H,22,26)(H2,23,24,25)/t15-,17+,29?/m1/s1. The monoisotopic (exact) mass is 419 g/mol. The van der Waals surface area contributed by atoms with E-state index in [0.717, 1.165) is 42.0 Å². The number of alkyl carbamates (subject to hydrolysis) is 1. The molecule has 1 aliphatic rings. The van der Waals surface area contributed by atoms with Crippen LogP contribution >= 0.6 is 0 Å². The van der Waals surface area contributed by atoms with Crippen LogP contribution in [0, 0.1) is 4.78 Å². The van der Waals surface area contributed by atoms with Gasteiger partial charge in [0, 0.05) is 45.4 Å². The number of hydrogen-bond acceptors (Lipinski definition) is 6. The molecule has 158 valence electrons. The normalized spacial score (nSPS) is 21.0. The number of amides is 1. The van der Waals surface area contributed by atoms with Gasteiger partial charge in [0.15, 0.2) is 5.82 Å². The van der Waals surface area contributed by atoms with Crippen molar-refractivity contribution in [3.63, 3.8) is 0 Å². The molecule has 29 heavy (non-hydrogen) atoms. The van der Waals surface area contributed by atoms with E-state index in [-0.39, 0.29) is 29.9 Å². The molecule has 4 N–H and O–H groups in total. The molecule has 0 spiro atoms. The van der Waals surface area contributed by atoms with Gasteiger partial charge in [-0.25, -0.2) is 9.00 Å². The Morgan fingerprint density at radius 2 is 2.07 bits per heavy atom. The Kier molecular flexibility index (Phi) is 6.46. The zero-order valence-electron chi connectivity index (χ0n) is 17.0. The largest absolute Gasteiger partial charge is 0.446 e. The maximum absolute atomic E-state index is 11.8. The summed E-state index contributed by atoms with van der Waals surface area (Å²) in [5, 5.41) is 13.4. The van der Waals surface area contributed by atoms with Crippen LogP contribution in [-0.4, -0.2) is 38.9 Å². The number of benzene rings is 1. The van der Waals surface area contributed by atoms with Crippen molar-refractivity contribution >= 4 is 27.3 Å². The van der Waals surface area contributed by atoms with E-state index in [2.05, 4.69) is 20.8 Å². The maximum Gasteiger partial charge on any atom is 0.407 e. The molecule has 1 aliphatic carbocycles. The molecule has 8 nitrogen and oxygen atoms in total. The van der Waals surface area contributed by atoms with Crippen LogP contribution in [0.25, 0.3) is 0 Å². The van der Waals surface area contributed by atoms with Crippen LogP contribution in [0.4, 0.5) is 16.3 Å². The van der Waals surface area contributed by atoms with Crippen molar-refractivity contribution < 1.29 is 13.7 Å². The number of rotatable bonds is 7. The van der Waals surface area contributed by atoms with E-state index >= 15 is 0 Å². The third-order valence-corrected chi connectivity index (χ3v) is 5.65. The number of nitrogens with zero attached hydrogens (tertiary/aromatic N) is 1. The minimum Gasteiger partial charge on any atom is -0.446 e. The SMILES string of the molecule is CC(C)NC(=O)O[C@H]1CC[C@@H](c2cc(Nc3ccc(CS(C)(=N)=O)cc3)n[nH]2)C1. The van der Waals surface area contributed by atoms with Gasteiger partial charge in [-0.1, -0.05) is 12.1 Å². The molecule has 9 heteroatoms. The Morgan fingerprint density at radius 3 is 2.72 bits per heavy atom. The highest BCUT2D eigenvalue weighted by atomic mass is 32.2. The van der Waals surface area contributed by atoms with Gasteiger partial charge in [0.05, 0.1) is 5.75 Å². The van der Waals surface area contributed by atoms with E-state index in [9.17, 15) is 9.00 Å². The summed E-state index contributed by atoms with van der Waals surface area (Å²) in [6.45, 7) is 3.81. The van der Waals surface area contributed by atoms with Crippen LogP contribution in [0.5, 0.6) is 0 Å². The molecule has 1 fully saturated rings. The average Bonchev–Trinajstić information content (AvgIpc) is 3.24.